The Morgan fingerprint density at radius 2 is 1.70 bits per heavy atom. The Kier molecular flexibility index (Phi) is 7.72. The first kappa shape index (κ1) is 26.5. The normalized spacial score (nSPS) is 18.0. The van der Waals surface area contributed by atoms with E-state index >= 15 is 0 Å². The number of aromatic nitrogens is 1. The molecule has 0 saturated carbocycles. The van der Waals surface area contributed by atoms with Crippen molar-refractivity contribution in [2.24, 2.45) is 0 Å². The summed E-state index contributed by atoms with van der Waals surface area (Å²) in [6.07, 6.45) is -3.53. The predicted molar refractivity (Wildman–Crippen MR) is 131 cm³/mol. The van der Waals surface area contributed by atoms with E-state index < -0.39 is 16.2 Å². The highest BCUT2D eigenvalue weighted by atomic mass is 32.2. The number of hydrogen-bond donors (Lipinski definition) is 1. The molecule has 1 aliphatic rings. The maximum atomic E-state index is 13.0. The standard InChI is InChI=1S/C26H26F3N3O4S/c1-2-37(34,35)22-12-11-20(30-15-22)14-31-25(33)32-16-23(18-7-4-3-5-8-18)24(17-32)19-9-6-10-21(13-19)36-26(27,28)29/h3-13,15,23-24H,2,14,16-17H2,1H3,(H,31,33). The van der Waals surface area contributed by atoms with Crippen molar-refractivity contribution in [1.29, 1.82) is 0 Å². The highest BCUT2D eigenvalue weighted by Gasteiger charge is 2.38. The third-order valence-electron chi connectivity index (χ3n) is 6.31. The topological polar surface area (TPSA) is 88.6 Å². The summed E-state index contributed by atoms with van der Waals surface area (Å²) in [7, 11) is -3.37. The van der Waals surface area contributed by atoms with Gasteiger partial charge < -0.3 is 15.0 Å². The molecule has 37 heavy (non-hydrogen) atoms. The van der Waals surface area contributed by atoms with Crippen LogP contribution in [0.2, 0.25) is 0 Å². The minimum Gasteiger partial charge on any atom is -0.406 e. The van der Waals surface area contributed by atoms with Crippen LogP contribution in [0.4, 0.5) is 18.0 Å². The summed E-state index contributed by atoms with van der Waals surface area (Å²) < 4.78 is 66.3. The van der Waals surface area contributed by atoms with E-state index in [1.54, 1.807) is 24.0 Å². The lowest BCUT2D eigenvalue weighted by Gasteiger charge is -2.20. The number of nitrogens with one attached hydrogen (secondary N) is 1. The summed E-state index contributed by atoms with van der Waals surface area (Å²) in [4.78, 5) is 18.9. The lowest BCUT2D eigenvalue weighted by Crippen LogP contribution is -2.38. The molecule has 7 nitrogen and oxygen atoms in total. The first-order valence-corrected chi connectivity index (χ1v) is 13.3. The van der Waals surface area contributed by atoms with E-state index in [1.165, 1.54) is 30.5 Å². The van der Waals surface area contributed by atoms with Crippen LogP contribution in [0, 0.1) is 0 Å². The highest BCUT2D eigenvalue weighted by Crippen LogP contribution is 2.41. The second-order valence-corrected chi connectivity index (χ2v) is 11.0. The van der Waals surface area contributed by atoms with Gasteiger partial charge in [-0.1, -0.05) is 49.4 Å². The number of alkyl halides is 3. The van der Waals surface area contributed by atoms with Crippen molar-refractivity contribution in [1.82, 2.24) is 15.2 Å². The van der Waals surface area contributed by atoms with Gasteiger partial charge in [0, 0.05) is 31.1 Å². The Hall–Kier alpha value is -3.60. The molecule has 2 atom stereocenters. The zero-order chi connectivity index (χ0) is 26.6. The largest absolute Gasteiger partial charge is 0.573 e. The Bertz CT molecular complexity index is 1330. The lowest BCUT2D eigenvalue weighted by atomic mass is 9.84. The Balaban J connectivity index is 1.49. The molecule has 1 N–H and O–H groups in total. The van der Waals surface area contributed by atoms with Gasteiger partial charge in [-0.2, -0.15) is 0 Å². The molecule has 196 valence electrons. The number of urea groups is 1. The summed E-state index contributed by atoms with van der Waals surface area (Å²) >= 11 is 0. The minimum absolute atomic E-state index is 0.0330. The molecule has 3 aromatic rings. The SMILES string of the molecule is CCS(=O)(=O)c1ccc(CNC(=O)N2CC(c3ccccc3)C(c3cccc(OC(F)(F)F)c3)C2)nc1. The first-order valence-electron chi connectivity index (χ1n) is 11.7. The molecule has 2 unspecified atom stereocenters. The number of likely N-dealkylation sites (tertiary alicyclic amines) is 1. The van der Waals surface area contributed by atoms with Crippen molar-refractivity contribution in [3.05, 3.63) is 89.7 Å². The maximum Gasteiger partial charge on any atom is 0.573 e. The van der Waals surface area contributed by atoms with Crippen molar-refractivity contribution in [2.75, 3.05) is 18.8 Å². The molecule has 4 rings (SSSR count). The quantitative estimate of drug-likeness (QED) is 0.468. The molecule has 0 bridgehead atoms. The van der Waals surface area contributed by atoms with Crippen LogP contribution in [-0.2, 0) is 16.4 Å². The van der Waals surface area contributed by atoms with E-state index in [1.807, 2.05) is 30.3 Å². The van der Waals surface area contributed by atoms with Gasteiger partial charge in [-0.25, -0.2) is 13.2 Å². The molecule has 0 spiro atoms. The van der Waals surface area contributed by atoms with Gasteiger partial charge in [0.25, 0.3) is 0 Å². The van der Waals surface area contributed by atoms with Gasteiger partial charge in [0.1, 0.15) is 5.75 Å². The molecule has 2 amide bonds. The molecular weight excluding hydrogens is 507 g/mol. The lowest BCUT2D eigenvalue weighted by molar-refractivity contribution is -0.274. The van der Waals surface area contributed by atoms with Crippen LogP contribution in [0.25, 0.3) is 0 Å². The highest BCUT2D eigenvalue weighted by molar-refractivity contribution is 7.91. The molecule has 1 saturated heterocycles. The molecule has 2 aromatic carbocycles. The second kappa shape index (κ2) is 10.8. The van der Waals surface area contributed by atoms with Crippen molar-refractivity contribution in [3.8, 4) is 5.75 Å². The molecule has 2 heterocycles. The maximum absolute atomic E-state index is 13.0. The number of carbonyl (C=O) groups excluding carboxylic acids is 1. The van der Waals surface area contributed by atoms with Crippen molar-refractivity contribution < 1.29 is 31.1 Å². The van der Waals surface area contributed by atoms with E-state index in [4.69, 9.17) is 0 Å². The van der Waals surface area contributed by atoms with E-state index in [0.29, 0.717) is 24.3 Å². The molecular formula is C26H26F3N3O4S. The van der Waals surface area contributed by atoms with Crippen molar-refractivity contribution >= 4 is 15.9 Å². The zero-order valence-corrected chi connectivity index (χ0v) is 20.8. The molecule has 0 radical (unpaired) electrons. The van der Waals surface area contributed by atoms with E-state index in [9.17, 15) is 26.4 Å². The van der Waals surface area contributed by atoms with Gasteiger partial charge in [-0.3, -0.25) is 4.98 Å². The van der Waals surface area contributed by atoms with E-state index in [2.05, 4.69) is 15.0 Å². The van der Waals surface area contributed by atoms with E-state index in [-0.39, 0.29) is 40.8 Å². The number of amides is 2. The van der Waals surface area contributed by atoms with Crippen LogP contribution in [-0.4, -0.2) is 49.5 Å². The molecule has 1 aliphatic heterocycles. The fraction of sp³-hybridized carbons (Fsp3) is 0.308. The third-order valence-corrected chi connectivity index (χ3v) is 8.03. The Morgan fingerprint density at radius 3 is 2.32 bits per heavy atom. The fourth-order valence-electron chi connectivity index (χ4n) is 4.43. The summed E-state index contributed by atoms with van der Waals surface area (Å²) in [6, 6.07) is 18.0. The number of halogens is 3. The average molecular weight is 534 g/mol. The molecule has 0 aliphatic carbocycles. The van der Waals surface area contributed by atoms with Crippen LogP contribution >= 0.6 is 0 Å². The Morgan fingerprint density at radius 1 is 1.03 bits per heavy atom. The van der Waals surface area contributed by atoms with Gasteiger partial charge in [-0.15, -0.1) is 13.2 Å². The first-order chi connectivity index (χ1) is 17.6. The van der Waals surface area contributed by atoms with Crippen LogP contribution < -0.4 is 10.1 Å². The number of pyridine rings is 1. The van der Waals surface area contributed by atoms with Gasteiger partial charge >= 0.3 is 12.4 Å². The van der Waals surface area contributed by atoms with Gasteiger partial charge in [-0.05, 0) is 35.4 Å². The smallest absolute Gasteiger partial charge is 0.406 e. The summed E-state index contributed by atoms with van der Waals surface area (Å²) in [5, 5.41) is 2.80. The minimum atomic E-state index is -4.80. The summed E-state index contributed by atoms with van der Waals surface area (Å²) in [6.45, 7) is 2.31. The van der Waals surface area contributed by atoms with Crippen LogP contribution in [0.5, 0.6) is 5.75 Å². The average Bonchev–Trinajstić information content (AvgIpc) is 3.33. The van der Waals surface area contributed by atoms with Crippen LogP contribution in [0.15, 0.2) is 77.8 Å². The number of benzene rings is 2. The van der Waals surface area contributed by atoms with Gasteiger partial charge in [0.15, 0.2) is 9.84 Å². The third kappa shape index (κ3) is 6.59. The fourth-order valence-corrected chi connectivity index (χ4v) is 5.25. The number of sulfone groups is 1. The summed E-state index contributed by atoms with van der Waals surface area (Å²) in [5.74, 6) is -0.722. The number of carbonyl (C=O) groups is 1. The number of nitrogens with zero attached hydrogens (tertiary/aromatic N) is 2. The molecule has 1 fully saturated rings. The van der Waals surface area contributed by atoms with Crippen molar-refractivity contribution in [3.63, 3.8) is 0 Å². The molecule has 1 aromatic heterocycles. The molecule has 11 heteroatoms. The number of rotatable bonds is 7. The predicted octanol–water partition coefficient (Wildman–Crippen LogP) is 4.87. The monoisotopic (exact) mass is 533 g/mol. The van der Waals surface area contributed by atoms with Crippen molar-refractivity contribution in [2.45, 2.75) is 36.6 Å². The summed E-state index contributed by atoms with van der Waals surface area (Å²) in [5.41, 5.74) is 2.11. The van der Waals surface area contributed by atoms with Crippen LogP contribution in [0.1, 0.15) is 35.6 Å². The van der Waals surface area contributed by atoms with E-state index in [0.717, 1.165) is 5.56 Å². The van der Waals surface area contributed by atoms with Gasteiger partial charge in [0.2, 0.25) is 0 Å². The number of ether oxygens (including phenoxy) is 1. The second-order valence-electron chi connectivity index (χ2n) is 8.70. The number of hydrogen-bond acceptors (Lipinski definition) is 5. The Labute approximate surface area is 213 Å². The zero-order valence-electron chi connectivity index (χ0n) is 20.0. The van der Waals surface area contributed by atoms with Crippen LogP contribution in [0.3, 0.4) is 0 Å². The van der Waals surface area contributed by atoms with Gasteiger partial charge in [0.05, 0.1) is 22.9 Å².